The van der Waals surface area contributed by atoms with Gasteiger partial charge in [0.05, 0.1) is 12.2 Å². The summed E-state index contributed by atoms with van der Waals surface area (Å²) in [7, 11) is 0. The number of benzene rings is 3. The molecule has 1 fully saturated rings. The van der Waals surface area contributed by atoms with Gasteiger partial charge in [0.1, 0.15) is 0 Å². The minimum atomic E-state index is -1.04. The van der Waals surface area contributed by atoms with Gasteiger partial charge >= 0.3 is 6.03 Å². The molecule has 2 heterocycles. The van der Waals surface area contributed by atoms with E-state index in [1.54, 1.807) is 16.7 Å². The Kier molecular flexibility index (Phi) is 5.41. The highest BCUT2D eigenvalue weighted by Gasteiger charge is 2.59. The number of carbonyl (C=O) groups is 2. The Bertz CT molecular complexity index is 1240. The van der Waals surface area contributed by atoms with Crippen molar-refractivity contribution in [3.05, 3.63) is 94.5 Å². The van der Waals surface area contributed by atoms with Crippen molar-refractivity contribution in [2.75, 3.05) is 22.5 Å². The maximum Gasteiger partial charge on any atom is 0.323 e. The van der Waals surface area contributed by atoms with Crippen LogP contribution in [-0.2, 0) is 16.2 Å². The van der Waals surface area contributed by atoms with Crippen LogP contribution in [0.15, 0.2) is 66.7 Å². The van der Waals surface area contributed by atoms with E-state index in [1.165, 1.54) is 0 Å². The lowest BCUT2D eigenvalue weighted by Gasteiger charge is -2.33. The predicted molar refractivity (Wildman–Crippen MR) is 135 cm³/mol. The van der Waals surface area contributed by atoms with Crippen molar-refractivity contribution in [3.63, 3.8) is 0 Å². The summed E-state index contributed by atoms with van der Waals surface area (Å²) in [4.78, 5) is 30.0. The topological polar surface area (TPSA) is 52.7 Å². The molecule has 1 atom stereocenters. The number of amides is 3. The highest BCUT2D eigenvalue weighted by molar-refractivity contribution is 8.01. The molecule has 1 saturated heterocycles. The van der Waals surface area contributed by atoms with Crippen LogP contribution in [0.3, 0.4) is 0 Å². The van der Waals surface area contributed by atoms with Gasteiger partial charge in [-0.05, 0) is 44.5 Å². The van der Waals surface area contributed by atoms with Crippen LogP contribution in [0, 0.1) is 20.8 Å². The molecule has 0 radical (unpaired) electrons. The van der Waals surface area contributed by atoms with Crippen LogP contribution in [0.4, 0.5) is 16.2 Å². The Balaban J connectivity index is 1.53. The second-order valence-electron chi connectivity index (χ2n) is 8.84. The van der Waals surface area contributed by atoms with Crippen LogP contribution in [0.1, 0.15) is 27.8 Å². The first-order valence-corrected chi connectivity index (χ1v) is 12.1. The van der Waals surface area contributed by atoms with Crippen LogP contribution >= 0.6 is 11.8 Å². The summed E-state index contributed by atoms with van der Waals surface area (Å²) in [6.45, 7) is 7.08. The molecule has 0 aliphatic carbocycles. The quantitative estimate of drug-likeness (QED) is 0.558. The van der Waals surface area contributed by atoms with E-state index in [0.29, 0.717) is 18.8 Å². The zero-order valence-corrected chi connectivity index (χ0v) is 19.9. The molecule has 0 bridgehead atoms. The minimum absolute atomic E-state index is 0.0498. The third kappa shape index (κ3) is 3.68. The van der Waals surface area contributed by atoms with Gasteiger partial charge in [-0.1, -0.05) is 65.2 Å². The first-order valence-electron chi connectivity index (χ1n) is 11.2. The monoisotopic (exact) mass is 457 g/mol. The average Bonchev–Trinajstić information content (AvgIpc) is 3.33. The fourth-order valence-corrected chi connectivity index (χ4v) is 6.16. The molecule has 2 aliphatic rings. The van der Waals surface area contributed by atoms with E-state index in [9.17, 15) is 9.59 Å². The molecule has 5 rings (SSSR count). The Labute approximate surface area is 198 Å². The average molecular weight is 458 g/mol. The Hall–Kier alpha value is -3.25. The standard InChI is InChI=1S/C27H27N3O2S/c1-18-7-10-22(11-8-18)28-26(32)30-13-14-33-27(30)23-16-20(3)9-12-24(23)29(25(27)31)17-21-6-4-5-19(2)15-21/h4-12,15-16H,13-14,17H2,1-3H3,(H,28,32)/t27-/m0/s1. The van der Waals surface area contributed by atoms with E-state index in [0.717, 1.165) is 39.2 Å². The third-order valence-electron chi connectivity index (χ3n) is 6.32. The Morgan fingerprint density at radius 3 is 2.45 bits per heavy atom. The lowest BCUT2D eigenvalue weighted by Crippen LogP contribution is -2.51. The van der Waals surface area contributed by atoms with E-state index >= 15 is 0 Å². The van der Waals surface area contributed by atoms with Gasteiger partial charge in [-0.25, -0.2) is 4.79 Å². The summed E-state index contributed by atoms with van der Waals surface area (Å²) in [6, 6.07) is 21.8. The van der Waals surface area contributed by atoms with Gasteiger partial charge in [-0.15, -0.1) is 11.8 Å². The molecule has 33 heavy (non-hydrogen) atoms. The number of anilines is 2. The summed E-state index contributed by atoms with van der Waals surface area (Å²) in [5.41, 5.74) is 6.95. The zero-order chi connectivity index (χ0) is 23.2. The van der Waals surface area contributed by atoms with Crippen molar-refractivity contribution in [2.24, 2.45) is 0 Å². The molecule has 0 saturated carbocycles. The summed E-state index contributed by atoms with van der Waals surface area (Å²) in [5.74, 6) is 0.657. The normalized spacial score (nSPS) is 19.3. The second-order valence-corrected chi connectivity index (χ2v) is 10.1. The molecule has 1 N–H and O–H groups in total. The number of hydrogen-bond acceptors (Lipinski definition) is 3. The molecule has 3 amide bonds. The van der Waals surface area contributed by atoms with E-state index < -0.39 is 4.87 Å². The number of thioether (sulfide) groups is 1. The highest BCUT2D eigenvalue weighted by Crippen LogP contribution is 2.54. The van der Waals surface area contributed by atoms with Crippen LogP contribution in [-0.4, -0.2) is 29.1 Å². The number of aryl methyl sites for hydroxylation is 3. The largest absolute Gasteiger partial charge is 0.323 e. The Morgan fingerprint density at radius 2 is 1.70 bits per heavy atom. The van der Waals surface area contributed by atoms with E-state index in [1.807, 2.05) is 67.3 Å². The van der Waals surface area contributed by atoms with Crippen LogP contribution in [0.5, 0.6) is 0 Å². The maximum atomic E-state index is 14.1. The molecular formula is C27H27N3O2S. The molecule has 0 aromatic heterocycles. The van der Waals surface area contributed by atoms with Gasteiger partial charge in [-0.3, -0.25) is 9.69 Å². The molecule has 3 aromatic carbocycles. The van der Waals surface area contributed by atoms with Crippen LogP contribution < -0.4 is 10.2 Å². The SMILES string of the molecule is Cc1ccc(NC(=O)N2CCS[C@@]23C(=O)N(Cc2cccc(C)c2)c2ccc(C)cc23)cc1. The molecule has 0 unspecified atom stereocenters. The first-order chi connectivity index (χ1) is 15.9. The van der Waals surface area contributed by atoms with Gasteiger partial charge in [-0.2, -0.15) is 0 Å². The predicted octanol–water partition coefficient (Wildman–Crippen LogP) is 5.59. The minimum Gasteiger partial charge on any atom is -0.308 e. The number of rotatable bonds is 3. The molecule has 5 nitrogen and oxygen atoms in total. The molecular weight excluding hydrogens is 430 g/mol. The summed E-state index contributed by atoms with van der Waals surface area (Å²) in [6.07, 6.45) is 0. The number of carbonyl (C=O) groups excluding carboxylic acids is 2. The van der Waals surface area contributed by atoms with Gasteiger partial charge in [0, 0.05) is 23.5 Å². The number of nitrogens with one attached hydrogen (secondary N) is 1. The number of hydrogen-bond donors (Lipinski definition) is 1. The van der Waals surface area contributed by atoms with E-state index in [-0.39, 0.29) is 11.9 Å². The van der Waals surface area contributed by atoms with Crippen molar-refractivity contribution in [2.45, 2.75) is 32.2 Å². The van der Waals surface area contributed by atoms with E-state index in [2.05, 4.69) is 30.4 Å². The Morgan fingerprint density at radius 1 is 0.970 bits per heavy atom. The van der Waals surface area contributed by atoms with Crippen LogP contribution in [0.25, 0.3) is 0 Å². The lowest BCUT2D eigenvalue weighted by molar-refractivity contribution is -0.123. The van der Waals surface area contributed by atoms with Crippen molar-refractivity contribution in [1.82, 2.24) is 4.90 Å². The van der Waals surface area contributed by atoms with Crippen molar-refractivity contribution in [3.8, 4) is 0 Å². The molecule has 2 aliphatic heterocycles. The molecule has 1 spiro atoms. The maximum absolute atomic E-state index is 14.1. The summed E-state index contributed by atoms with van der Waals surface area (Å²) < 4.78 is 0. The summed E-state index contributed by atoms with van der Waals surface area (Å²) in [5, 5.41) is 3.00. The van der Waals surface area contributed by atoms with Crippen molar-refractivity contribution < 1.29 is 9.59 Å². The van der Waals surface area contributed by atoms with Crippen molar-refractivity contribution in [1.29, 1.82) is 0 Å². The second kappa shape index (κ2) is 8.27. The fraction of sp³-hybridized carbons (Fsp3) is 0.259. The molecule has 168 valence electrons. The van der Waals surface area contributed by atoms with Gasteiger partial charge < -0.3 is 10.2 Å². The summed E-state index contributed by atoms with van der Waals surface area (Å²) >= 11 is 1.55. The van der Waals surface area contributed by atoms with E-state index in [4.69, 9.17) is 0 Å². The molecule has 3 aromatic rings. The zero-order valence-electron chi connectivity index (χ0n) is 19.1. The lowest BCUT2D eigenvalue weighted by atomic mass is 10.0. The van der Waals surface area contributed by atoms with Crippen molar-refractivity contribution >= 4 is 35.1 Å². The van der Waals surface area contributed by atoms with Gasteiger partial charge in [0.25, 0.3) is 5.91 Å². The third-order valence-corrected chi connectivity index (χ3v) is 7.74. The number of fused-ring (bicyclic) bond motifs is 2. The van der Waals surface area contributed by atoms with Crippen LogP contribution in [0.2, 0.25) is 0 Å². The van der Waals surface area contributed by atoms with Gasteiger partial charge in [0.15, 0.2) is 4.87 Å². The first kappa shape index (κ1) is 21.6. The highest BCUT2D eigenvalue weighted by atomic mass is 32.2. The smallest absolute Gasteiger partial charge is 0.308 e. The van der Waals surface area contributed by atoms with Gasteiger partial charge in [0.2, 0.25) is 0 Å². The molecule has 6 heteroatoms. The fourth-order valence-electron chi connectivity index (χ4n) is 4.71. The number of nitrogens with zero attached hydrogens (tertiary/aromatic N) is 2. The number of urea groups is 1.